The number of halogens is 1. The first kappa shape index (κ1) is 13.1. The van der Waals surface area contributed by atoms with E-state index in [9.17, 15) is 0 Å². The van der Waals surface area contributed by atoms with Gasteiger partial charge in [-0.05, 0) is 0 Å². The maximum absolute atomic E-state index is 5.23. The van der Waals surface area contributed by atoms with Crippen LogP contribution in [0.25, 0.3) is 0 Å². The highest BCUT2D eigenvalue weighted by Crippen LogP contribution is 1.83. The topological polar surface area (TPSA) is 27.7 Å². The summed E-state index contributed by atoms with van der Waals surface area (Å²) in [5, 5.41) is 0.870. The Hall–Kier alpha value is 0.100. The lowest BCUT2D eigenvalue weighted by atomic mass is 10.7. The molecular formula is C9H17BrO3. The molecule has 0 aliphatic carbocycles. The van der Waals surface area contributed by atoms with E-state index in [-0.39, 0.29) is 0 Å². The molecule has 0 aliphatic heterocycles. The Morgan fingerprint density at radius 3 is 2.00 bits per heavy atom. The number of ether oxygens (including phenoxy) is 3. The van der Waals surface area contributed by atoms with Gasteiger partial charge >= 0.3 is 0 Å². The molecule has 13 heavy (non-hydrogen) atoms. The van der Waals surface area contributed by atoms with Crippen LogP contribution in [0.1, 0.15) is 0 Å². The molecule has 3 nitrogen and oxygen atoms in total. The van der Waals surface area contributed by atoms with Crippen molar-refractivity contribution in [2.75, 3.05) is 45.0 Å². The predicted octanol–water partition coefficient (Wildman–Crippen LogP) is 1.62. The lowest BCUT2D eigenvalue weighted by molar-refractivity contribution is 0.0229. The summed E-state index contributed by atoms with van der Waals surface area (Å²) in [6.07, 6.45) is 1.72. The molecule has 0 amide bonds. The van der Waals surface area contributed by atoms with Crippen molar-refractivity contribution in [2.24, 2.45) is 0 Å². The first-order valence-electron chi connectivity index (χ1n) is 4.32. The van der Waals surface area contributed by atoms with E-state index in [1.165, 1.54) is 0 Å². The zero-order valence-electron chi connectivity index (χ0n) is 7.84. The second kappa shape index (κ2) is 12.1. The second-order valence-electron chi connectivity index (χ2n) is 2.28. The van der Waals surface area contributed by atoms with E-state index < -0.39 is 0 Å². The molecule has 0 rings (SSSR count). The minimum atomic E-state index is 0.587. The van der Waals surface area contributed by atoms with Crippen LogP contribution in [0.4, 0.5) is 0 Å². The van der Waals surface area contributed by atoms with Gasteiger partial charge in [0.05, 0.1) is 39.6 Å². The second-order valence-corrected chi connectivity index (χ2v) is 3.07. The van der Waals surface area contributed by atoms with Crippen molar-refractivity contribution in [1.29, 1.82) is 0 Å². The van der Waals surface area contributed by atoms with Crippen molar-refractivity contribution < 1.29 is 14.2 Å². The summed E-state index contributed by atoms with van der Waals surface area (Å²) in [6.45, 7) is 7.36. The molecule has 0 saturated heterocycles. The van der Waals surface area contributed by atoms with Crippen LogP contribution in [0.15, 0.2) is 12.7 Å². The lowest BCUT2D eigenvalue weighted by Gasteiger charge is -2.04. The SMILES string of the molecule is C=CCOCCOCCOCCBr. The maximum atomic E-state index is 5.23. The Kier molecular flexibility index (Phi) is 12.2. The predicted molar refractivity (Wildman–Crippen MR) is 56.4 cm³/mol. The fourth-order valence-corrected chi connectivity index (χ4v) is 0.890. The normalized spacial score (nSPS) is 10.2. The number of hydrogen-bond donors (Lipinski definition) is 0. The van der Waals surface area contributed by atoms with Crippen LogP contribution in [0.2, 0.25) is 0 Å². The average molecular weight is 253 g/mol. The smallest absolute Gasteiger partial charge is 0.0704 e. The lowest BCUT2D eigenvalue weighted by Crippen LogP contribution is -2.10. The van der Waals surface area contributed by atoms with E-state index >= 15 is 0 Å². The highest BCUT2D eigenvalue weighted by atomic mass is 79.9. The van der Waals surface area contributed by atoms with Crippen LogP contribution in [0, 0.1) is 0 Å². The number of rotatable bonds is 10. The minimum Gasteiger partial charge on any atom is -0.378 e. The summed E-state index contributed by atoms with van der Waals surface area (Å²) in [4.78, 5) is 0. The van der Waals surface area contributed by atoms with Crippen LogP contribution >= 0.6 is 15.9 Å². The van der Waals surface area contributed by atoms with E-state index in [0.717, 1.165) is 11.9 Å². The summed E-state index contributed by atoms with van der Waals surface area (Å²) < 4.78 is 15.5. The molecule has 0 bridgehead atoms. The molecule has 0 saturated carbocycles. The Balaban J connectivity index is 2.79. The molecule has 0 aliphatic rings. The largest absolute Gasteiger partial charge is 0.378 e. The van der Waals surface area contributed by atoms with Gasteiger partial charge in [0.25, 0.3) is 0 Å². The zero-order chi connectivity index (χ0) is 9.78. The highest BCUT2D eigenvalue weighted by molar-refractivity contribution is 9.09. The Bertz CT molecular complexity index is 109. The third-order valence-electron chi connectivity index (χ3n) is 1.20. The molecule has 78 valence electrons. The van der Waals surface area contributed by atoms with Crippen LogP contribution in [0.5, 0.6) is 0 Å². The molecule has 0 unspecified atom stereocenters. The van der Waals surface area contributed by atoms with Crippen molar-refractivity contribution >= 4 is 15.9 Å². The summed E-state index contributed by atoms with van der Waals surface area (Å²) in [5.41, 5.74) is 0. The summed E-state index contributed by atoms with van der Waals surface area (Å²) in [7, 11) is 0. The van der Waals surface area contributed by atoms with Crippen LogP contribution in [-0.4, -0.2) is 45.0 Å². The van der Waals surface area contributed by atoms with Gasteiger partial charge in [-0.2, -0.15) is 0 Å². The summed E-state index contributed by atoms with van der Waals surface area (Å²) in [6, 6.07) is 0. The van der Waals surface area contributed by atoms with Crippen molar-refractivity contribution in [3.05, 3.63) is 12.7 Å². The van der Waals surface area contributed by atoms with E-state index in [2.05, 4.69) is 22.5 Å². The third kappa shape index (κ3) is 12.1. The fourth-order valence-electron chi connectivity index (χ4n) is 0.661. The molecule has 0 N–H and O–H groups in total. The van der Waals surface area contributed by atoms with Crippen molar-refractivity contribution in [3.63, 3.8) is 0 Å². The molecule has 0 fully saturated rings. The van der Waals surface area contributed by atoms with Crippen LogP contribution in [0.3, 0.4) is 0 Å². The molecule has 4 heteroatoms. The third-order valence-corrected chi connectivity index (χ3v) is 1.52. The highest BCUT2D eigenvalue weighted by Gasteiger charge is 1.89. The molecule has 0 spiro atoms. The van der Waals surface area contributed by atoms with Gasteiger partial charge in [-0.1, -0.05) is 22.0 Å². The molecule has 0 aromatic heterocycles. The van der Waals surface area contributed by atoms with Crippen molar-refractivity contribution in [2.45, 2.75) is 0 Å². The summed E-state index contributed by atoms with van der Waals surface area (Å²) >= 11 is 3.27. The Morgan fingerprint density at radius 1 is 0.923 bits per heavy atom. The quantitative estimate of drug-likeness (QED) is 0.336. The van der Waals surface area contributed by atoms with Gasteiger partial charge in [0.1, 0.15) is 0 Å². The monoisotopic (exact) mass is 252 g/mol. The Labute approximate surface area is 88.2 Å². The maximum Gasteiger partial charge on any atom is 0.0704 e. The molecule has 0 atom stereocenters. The standard InChI is InChI=1S/C9H17BrO3/c1-2-4-11-6-8-13-9-7-12-5-3-10/h2H,1,3-9H2. The first-order valence-corrected chi connectivity index (χ1v) is 5.44. The number of hydrogen-bond acceptors (Lipinski definition) is 3. The van der Waals surface area contributed by atoms with Gasteiger partial charge in [-0.3, -0.25) is 0 Å². The first-order chi connectivity index (χ1) is 6.41. The molecular weight excluding hydrogens is 236 g/mol. The van der Waals surface area contributed by atoms with E-state index in [1.807, 2.05) is 0 Å². The van der Waals surface area contributed by atoms with Crippen molar-refractivity contribution in [3.8, 4) is 0 Å². The van der Waals surface area contributed by atoms with Gasteiger partial charge in [0.2, 0.25) is 0 Å². The van der Waals surface area contributed by atoms with Crippen molar-refractivity contribution in [1.82, 2.24) is 0 Å². The average Bonchev–Trinajstić information content (AvgIpc) is 2.16. The van der Waals surface area contributed by atoms with Gasteiger partial charge in [0.15, 0.2) is 0 Å². The van der Waals surface area contributed by atoms with Crippen LogP contribution < -0.4 is 0 Å². The van der Waals surface area contributed by atoms with Gasteiger partial charge in [-0.15, -0.1) is 6.58 Å². The minimum absolute atomic E-state index is 0.587. The van der Waals surface area contributed by atoms with E-state index in [4.69, 9.17) is 14.2 Å². The van der Waals surface area contributed by atoms with E-state index in [1.54, 1.807) is 6.08 Å². The van der Waals surface area contributed by atoms with E-state index in [0.29, 0.717) is 33.0 Å². The molecule has 0 aromatic carbocycles. The Morgan fingerprint density at radius 2 is 1.46 bits per heavy atom. The fraction of sp³-hybridized carbons (Fsp3) is 0.778. The van der Waals surface area contributed by atoms with Gasteiger partial charge < -0.3 is 14.2 Å². The van der Waals surface area contributed by atoms with Crippen LogP contribution in [-0.2, 0) is 14.2 Å². The number of alkyl halides is 1. The summed E-state index contributed by atoms with van der Waals surface area (Å²) in [5.74, 6) is 0. The molecule has 0 heterocycles. The van der Waals surface area contributed by atoms with Gasteiger partial charge in [0, 0.05) is 5.33 Å². The molecule has 0 aromatic rings. The molecule has 0 radical (unpaired) electrons. The van der Waals surface area contributed by atoms with Gasteiger partial charge in [-0.25, -0.2) is 0 Å². The zero-order valence-corrected chi connectivity index (χ0v) is 9.42.